The number of primary amides is 1. The monoisotopic (exact) mass is 320 g/mol. The van der Waals surface area contributed by atoms with Gasteiger partial charge in [0, 0.05) is 22.9 Å². The van der Waals surface area contributed by atoms with Gasteiger partial charge in [0.25, 0.3) is 5.69 Å². The number of hydrogen-bond acceptors (Lipinski definition) is 7. The van der Waals surface area contributed by atoms with Crippen molar-refractivity contribution in [2.24, 2.45) is 5.73 Å². The van der Waals surface area contributed by atoms with Gasteiger partial charge in [-0.25, -0.2) is 4.68 Å². The fourth-order valence-corrected chi connectivity index (χ4v) is 2.92. The zero-order valence-corrected chi connectivity index (χ0v) is 12.2. The number of thioether (sulfide) groups is 1. The minimum absolute atomic E-state index is 0.114. The van der Waals surface area contributed by atoms with E-state index in [-0.39, 0.29) is 11.3 Å². The first-order valence-corrected chi connectivity index (χ1v) is 7.52. The number of carbonyl (C=O) groups is 1. The lowest BCUT2D eigenvalue weighted by molar-refractivity contribution is -0.385. The maximum Gasteiger partial charge on any atom is 0.274 e. The van der Waals surface area contributed by atoms with E-state index in [9.17, 15) is 14.9 Å². The first-order valence-electron chi connectivity index (χ1n) is 6.54. The smallest absolute Gasteiger partial charge is 0.274 e. The van der Waals surface area contributed by atoms with Gasteiger partial charge in [0.15, 0.2) is 0 Å². The summed E-state index contributed by atoms with van der Waals surface area (Å²) in [6, 6.07) is 4.55. The average molecular weight is 320 g/mol. The first-order chi connectivity index (χ1) is 10.6. The molecule has 9 nitrogen and oxygen atoms in total. The van der Waals surface area contributed by atoms with Crippen LogP contribution in [-0.2, 0) is 5.75 Å². The second-order valence-electron chi connectivity index (χ2n) is 4.89. The molecule has 0 spiro atoms. The molecule has 1 aromatic carbocycles. The predicted octanol–water partition coefficient (Wildman–Crippen LogP) is 1.31. The first kappa shape index (κ1) is 14.4. The maximum absolute atomic E-state index is 11.1. The molecular weight excluding hydrogens is 308 g/mol. The number of aromatic nitrogens is 4. The van der Waals surface area contributed by atoms with E-state index in [0.717, 1.165) is 12.8 Å². The molecule has 2 aromatic rings. The van der Waals surface area contributed by atoms with E-state index >= 15 is 0 Å². The fourth-order valence-electron chi connectivity index (χ4n) is 1.98. The van der Waals surface area contributed by atoms with Gasteiger partial charge in [-0.15, -0.1) is 5.10 Å². The van der Waals surface area contributed by atoms with E-state index in [1.165, 1.54) is 30.0 Å². The molecule has 1 amide bonds. The second kappa shape index (κ2) is 5.72. The minimum atomic E-state index is -0.694. The number of amides is 1. The molecule has 2 N–H and O–H groups in total. The van der Waals surface area contributed by atoms with E-state index < -0.39 is 10.8 Å². The maximum atomic E-state index is 11.1. The largest absolute Gasteiger partial charge is 0.366 e. The standard InChI is InChI=1S/C12H12N6O3S/c13-11(19)7-1-2-8(10(5-7)18(20)21)6-22-12-14-15-16-17(12)9-3-4-9/h1-2,5,9H,3-4,6H2,(H2,13,19). The van der Waals surface area contributed by atoms with E-state index in [2.05, 4.69) is 15.5 Å². The lowest BCUT2D eigenvalue weighted by Crippen LogP contribution is -2.11. The van der Waals surface area contributed by atoms with Crippen molar-refractivity contribution in [3.63, 3.8) is 0 Å². The SMILES string of the molecule is NC(=O)c1ccc(CSc2nnnn2C2CC2)c([N+](=O)[O-])c1. The highest BCUT2D eigenvalue weighted by atomic mass is 32.2. The number of tetrazole rings is 1. The van der Waals surface area contributed by atoms with Crippen LogP contribution in [0, 0.1) is 10.1 Å². The number of nitro groups is 1. The Bertz CT molecular complexity index is 742. The molecule has 1 aromatic heterocycles. The van der Waals surface area contributed by atoms with E-state index in [4.69, 9.17) is 5.73 Å². The summed E-state index contributed by atoms with van der Waals surface area (Å²) in [7, 11) is 0. The number of nitrogens with two attached hydrogens (primary N) is 1. The van der Waals surface area contributed by atoms with Crippen molar-refractivity contribution in [2.45, 2.75) is 29.8 Å². The highest BCUT2D eigenvalue weighted by Crippen LogP contribution is 2.37. The van der Waals surface area contributed by atoms with Crippen LogP contribution >= 0.6 is 11.8 Å². The molecule has 1 heterocycles. The summed E-state index contributed by atoms with van der Waals surface area (Å²) in [5.74, 6) is -0.359. The quantitative estimate of drug-likeness (QED) is 0.482. The summed E-state index contributed by atoms with van der Waals surface area (Å²) in [6.07, 6.45) is 2.10. The molecule has 0 radical (unpaired) electrons. The molecule has 22 heavy (non-hydrogen) atoms. The highest BCUT2D eigenvalue weighted by Gasteiger charge is 2.28. The average Bonchev–Trinajstić information content (AvgIpc) is 3.23. The van der Waals surface area contributed by atoms with Crippen molar-refractivity contribution in [1.29, 1.82) is 0 Å². The summed E-state index contributed by atoms with van der Waals surface area (Å²) in [6.45, 7) is 0. The van der Waals surface area contributed by atoms with Crippen LogP contribution in [0.5, 0.6) is 0 Å². The van der Waals surface area contributed by atoms with Crippen LogP contribution in [0.15, 0.2) is 23.4 Å². The molecule has 0 bridgehead atoms. The summed E-state index contributed by atoms with van der Waals surface area (Å²) in [5.41, 5.74) is 5.62. The van der Waals surface area contributed by atoms with Gasteiger partial charge in [-0.3, -0.25) is 14.9 Å². The summed E-state index contributed by atoms with van der Waals surface area (Å²) in [4.78, 5) is 21.7. The van der Waals surface area contributed by atoms with Gasteiger partial charge in [-0.1, -0.05) is 17.8 Å². The van der Waals surface area contributed by atoms with Gasteiger partial charge in [0.1, 0.15) is 0 Å². The molecule has 0 atom stereocenters. The molecule has 10 heteroatoms. The van der Waals surface area contributed by atoms with Crippen LogP contribution in [0.4, 0.5) is 5.69 Å². The molecule has 0 unspecified atom stereocenters. The van der Waals surface area contributed by atoms with Crippen LogP contribution in [0.2, 0.25) is 0 Å². The number of nitro benzene ring substituents is 1. The molecule has 0 aliphatic heterocycles. The molecule has 1 aliphatic rings. The Morgan fingerprint density at radius 1 is 1.50 bits per heavy atom. The minimum Gasteiger partial charge on any atom is -0.366 e. The van der Waals surface area contributed by atoms with Gasteiger partial charge in [-0.2, -0.15) is 0 Å². The summed E-state index contributed by atoms with van der Waals surface area (Å²) < 4.78 is 1.74. The van der Waals surface area contributed by atoms with Gasteiger partial charge in [0.05, 0.1) is 11.0 Å². The molecule has 3 rings (SSSR count). The Balaban J connectivity index is 1.80. The zero-order valence-electron chi connectivity index (χ0n) is 11.4. The van der Waals surface area contributed by atoms with Crippen molar-refractivity contribution in [3.05, 3.63) is 39.4 Å². The molecular formula is C12H12N6O3S. The van der Waals surface area contributed by atoms with Crippen LogP contribution in [0.25, 0.3) is 0 Å². The number of nitrogens with zero attached hydrogens (tertiary/aromatic N) is 5. The third-order valence-corrected chi connectivity index (χ3v) is 4.26. The second-order valence-corrected chi connectivity index (χ2v) is 5.83. The lowest BCUT2D eigenvalue weighted by atomic mass is 10.1. The molecule has 1 saturated carbocycles. The summed E-state index contributed by atoms with van der Waals surface area (Å²) in [5, 5.41) is 23.3. The number of hydrogen-bond donors (Lipinski definition) is 1. The van der Waals surface area contributed by atoms with Crippen molar-refractivity contribution in [3.8, 4) is 0 Å². The van der Waals surface area contributed by atoms with Crippen molar-refractivity contribution in [1.82, 2.24) is 20.2 Å². The highest BCUT2D eigenvalue weighted by molar-refractivity contribution is 7.98. The molecule has 1 aliphatic carbocycles. The van der Waals surface area contributed by atoms with Gasteiger partial charge in [-0.05, 0) is 29.3 Å². The Hall–Kier alpha value is -2.49. The van der Waals surface area contributed by atoms with Gasteiger partial charge in [0.2, 0.25) is 11.1 Å². The van der Waals surface area contributed by atoms with Crippen LogP contribution in [0.3, 0.4) is 0 Å². The predicted molar refractivity (Wildman–Crippen MR) is 77.3 cm³/mol. The molecule has 114 valence electrons. The Kier molecular flexibility index (Phi) is 3.75. The van der Waals surface area contributed by atoms with Gasteiger partial charge >= 0.3 is 0 Å². The number of benzene rings is 1. The van der Waals surface area contributed by atoms with Gasteiger partial charge < -0.3 is 5.73 Å². The van der Waals surface area contributed by atoms with E-state index in [1.54, 1.807) is 4.68 Å². The number of carbonyl (C=O) groups excluding carboxylic acids is 1. The van der Waals surface area contributed by atoms with Crippen molar-refractivity contribution >= 4 is 23.4 Å². The zero-order chi connectivity index (χ0) is 15.7. The summed E-state index contributed by atoms with van der Waals surface area (Å²) >= 11 is 1.33. The van der Waals surface area contributed by atoms with E-state index in [0.29, 0.717) is 22.5 Å². The third-order valence-electron chi connectivity index (χ3n) is 3.28. The van der Waals surface area contributed by atoms with Crippen LogP contribution < -0.4 is 5.73 Å². The normalized spacial score (nSPS) is 14.0. The lowest BCUT2D eigenvalue weighted by Gasteiger charge is -2.05. The number of rotatable bonds is 6. The topological polar surface area (TPSA) is 130 Å². The molecule has 0 saturated heterocycles. The van der Waals surface area contributed by atoms with Crippen LogP contribution in [0.1, 0.15) is 34.8 Å². The molecule has 1 fully saturated rings. The third kappa shape index (κ3) is 2.91. The van der Waals surface area contributed by atoms with Crippen molar-refractivity contribution in [2.75, 3.05) is 0 Å². The van der Waals surface area contributed by atoms with Crippen molar-refractivity contribution < 1.29 is 9.72 Å². The van der Waals surface area contributed by atoms with E-state index in [1.807, 2.05) is 0 Å². The van der Waals surface area contributed by atoms with Crippen LogP contribution in [-0.4, -0.2) is 31.0 Å². The Labute approximate surface area is 129 Å². The fraction of sp³-hybridized carbons (Fsp3) is 0.333. The Morgan fingerprint density at radius 3 is 2.91 bits per heavy atom. The Morgan fingerprint density at radius 2 is 2.27 bits per heavy atom.